The van der Waals surface area contributed by atoms with E-state index in [0.29, 0.717) is 25.3 Å². The van der Waals surface area contributed by atoms with Gasteiger partial charge in [0.15, 0.2) is 5.69 Å². The first kappa shape index (κ1) is 19.1. The molecule has 1 amide bonds. The molecule has 6 heteroatoms. The van der Waals surface area contributed by atoms with Crippen molar-refractivity contribution in [2.45, 2.75) is 45.4 Å². The van der Waals surface area contributed by atoms with Crippen molar-refractivity contribution in [1.29, 1.82) is 0 Å². The van der Waals surface area contributed by atoms with Gasteiger partial charge in [-0.3, -0.25) is 4.79 Å². The van der Waals surface area contributed by atoms with Crippen molar-refractivity contribution in [1.82, 2.24) is 10.3 Å². The molecule has 0 radical (unpaired) electrons. The summed E-state index contributed by atoms with van der Waals surface area (Å²) in [5.74, 6) is -0.376. The highest BCUT2D eigenvalue weighted by Gasteiger charge is 2.12. The molecule has 134 valence electrons. The molecule has 1 unspecified atom stereocenters. The Morgan fingerprint density at radius 3 is 2.36 bits per heavy atom. The minimum Gasteiger partial charge on any atom is -0.476 e. The number of hydrogen-bond donors (Lipinski definition) is 2. The van der Waals surface area contributed by atoms with Gasteiger partial charge in [-0.15, -0.1) is 11.3 Å². The normalized spacial score (nSPS) is 12.2. The monoisotopic (exact) mass is 360 g/mol. The molecule has 0 spiro atoms. The first-order valence-electron chi connectivity index (χ1n) is 8.41. The molecule has 2 rings (SSSR count). The average Bonchev–Trinajstić information content (AvgIpc) is 3.04. The van der Waals surface area contributed by atoms with Gasteiger partial charge in [-0.25, -0.2) is 9.78 Å². The molecular weight excluding hydrogens is 336 g/mol. The second-order valence-corrected chi connectivity index (χ2v) is 7.40. The van der Waals surface area contributed by atoms with E-state index in [1.807, 2.05) is 6.92 Å². The van der Waals surface area contributed by atoms with Crippen LogP contribution in [0.1, 0.15) is 65.7 Å². The van der Waals surface area contributed by atoms with E-state index in [9.17, 15) is 9.59 Å². The number of carboxylic acids is 1. The Bertz CT molecular complexity index is 723. The van der Waals surface area contributed by atoms with Crippen LogP contribution in [-0.4, -0.2) is 28.5 Å². The van der Waals surface area contributed by atoms with Crippen molar-refractivity contribution in [3.8, 4) is 0 Å². The van der Waals surface area contributed by atoms with Crippen molar-refractivity contribution in [2.24, 2.45) is 0 Å². The topological polar surface area (TPSA) is 79.3 Å². The minimum absolute atomic E-state index is 0.00421. The lowest BCUT2D eigenvalue weighted by Gasteiger charge is -2.13. The van der Waals surface area contributed by atoms with E-state index in [4.69, 9.17) is 5.11 Å². The zero-order chi connectivity index (χ0) is 18.4. The first-order valence-corrected chi connectivity index (χ1v) is 9.29. The Labute approximate surface area is 152 Å². The van der Waals surface area contributed by atoms with Gasteiger partial charge >= 0.3 is 5.97 Å². The summed E-state index contributed by atoms with van der Waals surface area (Å²) in [6, 6.07) is 8.43. The number of aromatic carboxylic acids is 1. The van der Waals surface area contributed by atoms with Gasteiger partial charge in [-0.2, -0.15) is 0 Å². The number of carboxylic acid groups (broad SMARTS) is 1. The fraction of sp³-hybridized carbons (Fsp3) is 0.421. The largest absolute Gasteiger partial charge is 0.476 e. The number of carbonyl (C=O) groups is 2. The lowest BCUT2D eigenvalue weighted by Crippen LogP contribution is -2.26. The maximum absolute atomic E-state index is 12.1. The Morgan fingerprint density at radius 2 is 1.80 bits per heavy atom. The van der Waals surface area contributed by atoms with Crippen molar-refractivity contribution in [3.63, 3.8) is 0 Å². The van der Waals surface area contributed by atoms with Crippen LogP contribution in [0.15, 0.2) is 29.6 Å². The minimum atomic E-state index is -1.02. The Hall–Kier alpha value is -2.21. The number of amides is 1. The number of nitrogens with one attached hydrogen (secondary N) is 1. The smallest absolute Gasteiger partial charge is 0.355 e. The standard InChI is InChI=1S/C19H24N2O3S/c1-12(2)14-4-6-15(7-5-14)13(3)10-17(22)20-9-8-18-21-16(11-25-18)19(23)24/h4-7,11-13H,8-10H2,1-3H3,(H,20,22)(H,23,24). The Kier molecular flexibility index (Phi) is 6.70. The summed E-state index contributed by atoms with van der Waals surface area (Å²) in [5.41, 5.74) is 2.51. The molecule has 5 nitrogen and oxygen atoms in total. The highest BCUT2D eigenvalue weighted by atomic mass is 32.1. The molecule has 2 aromatic rings. The number of thiazole rings is 1. The quantitative estimate of drug-likeness (QED) is 0.750. The van der Waals surface area contributed by atoms with Crippen molar-refractivity contribution >= 4 is 23.2 Å². The third-order valence-corrected chi connectivity index (χ3v) is 5.00. The third kappa shape index (κ3) is 5.67. The lowest BCUT2D eigenvalue weighted by atomic mass is 9.94. The van der Waals surface area contributed by atoms with E-state index in [-0.39, 0.29) is 17.5 Å². The van der Waals surface area contributed by atoms with Gasteiger partial charge in [0.2, 0.25) is 5.91 Å². The van der Waals surface area contributed by atoms with Gasteiger partial charge in [0.1, 0.15) is 0 Å². The Morgan fingerprint density at radius 1 is 1.16 bits per heavy atom. The fourth-order valence-corrected chi connectivity index (χ4v) is 3.28. The van der Waals surface area contributed by atoms with Crippen molar-refractivity contribution < 1.29 is 14.7 Å². The van der Waals surface area contributed by atoms with E-state index in [1.165, 1.54) is 22.3 Å². The van der Waals surface area contributed by atoms with Crippen LogP contribution in [0.3, 0.4) is 0 Å². The second-order valence-electron chi connectivity index (χ2n) is 6.46. The van der Waals surface area contributed by atoms with Gasteiger partial charge in [-0.05, 0) is 23.0 Å². The van der Waals surface area contributed by atoms with Gasteiger partial charge in [0.05, 0.1) is 5.01 Å². The molecule has 0 aliphatic rings. The van der Waals surface area contributed by atoms with Crippen LogP contribution >= 0.6 is 11.3 Å². The van der Waals surface area contributed by atoms with E-state index in [2.05, 4.69) is 48.4 Å². The molecule has 1 atom stereocenters. The number of rotatable bonds is 8. The van der Waals surface area contributed by atoms with E-state index >= 15 is 0 Å². The van der Waals surface area contributed by atoms with Crippen LogP contribution in [0.5, 0.6) is 0 Å². The van der Waals surface area contributed by atoms with E-state index in [1.54, 1.807) is 0 Å². The van der Waals surface area contributed by atoms with Crippen molar-refractivity contribution in [3.05, 3.63) is 51.5 Å². The summed E-state index contributed by atoms with van der Waals surface area (Å²) in [5, 5.41) is 14.0. The van der Waals surface area contributed by atoms with Crippen LogP contribution in [-0.2, 0) is 11.2 Å². The number of hydrogen-bond acceptors (Lipinski definition) is 4. The molecule has 1 aromatic carbocycles. The van der Waals surface area contributed by atoms with Crippen LogP contribution in [0.4, 0.5) is 0 Å². The molecule has 2 N–H and O–H groups in total. The zero-order valence-electron chi connectivity index (χ0n) is 14.8. The summed E-state index contributed by atoms with van der Waals surface area (Å²) >= 11 is 1.30. The number of carbonyl (C=O) groups excluding carboxylic acids is 1. The SMILES string of the molecule is CC(C)c1ccc(C(C)CC(=O)NCCc2nc(C(=O)O)cs2)cc1. The summed E-state index contributed by atoms with van der Waals surface area (Å²) < 4.78 is 0. The number of aromatic nitrogens is 1. The second kappa shape index (κ2) is 8.76. The number of benzene rings is 1. The predicted octanol–water partition coefficient (Wildman–Crippen LogP) is 3.82. The molecule has 0 aliphatic carbocycles. The fourth-order valence-electron chi connectivity index (χ4n) is 2.51. The van der Waals surface area contributed by atoms with Gasteiger partial charge < -0.3 is 10.4 Å². The molecule has 0 aliphatic heterocycles. The highest BCUT2D eigenvalue weighted by molar-refractivity contribution is 7.09. The van der Waals surface area contributed by atoms with E-state index in [0.717, 1.165) is 10.6 Å². The zero-order valence-corrected chi connectivity index (χ0v) is 15.6. The summed E-state index contributed by atoms with van der Waals surface area (Å²) in [4.78, 5) is 26.9. The predicted molar refractivity (Wildman–Crippen MR) is 99.4 cm³/mol. The van der Waals surface area contributed by atoms with Crippen LogP contribution in [0.25, 0.3) is 0 Å². The van der Waals surface area contributed by atoms with E-state index < -0.39 is 5.97 Å². The third-order valence-electron chi connectivity index (χ3n) is 4.10. The van der Waals surface area contributed by atoms with Gasteiger partial charge in [-0.1, -0.05) is 45.0 Å². The molecule has 0 fully saturated rings. The molecule has 0 saturated heterocycles. The van der Waals surface area contributed by atoms with Crippen LogP contribution in [0.2, 0.25) is 0 Å². The van der Waals surface area contributed by atoms with Crippen LogP contribution < -0.4 is 5.32 Å². The van der Waals surface area contributed by atoms with Gasteiger partial charge in [0, 0.05) is 24.8 Å². The van der Waals surface area contributed by atoms with Crippen molar-refractivity contribution in [2.75, 3.05) is 6.54 Å². The first-order chi connectivity index (χ1) is 11.9. The maximum atomic E-state index is 12.1. The van der Waals surface area contributed by atoms with Gasteiger partial charge in [0.25, 0.3) is 0 Å². The summed E-state index contributed by atoms with van der Waals surface area (Å²) in [6.45, 7) is 6.83. The molecule has 0 bridgehead atoms. The molecule has 1 heterocycles. The molecular formula is C19H24N2O3S. The maximum Gasteiger partial charge on any atom is 0.355 e. The van der Waals surface area contributed by atoms with Crippen LogP contribution in [0, 0.1) is 0 Å². The molecule has 1 aromatic heterocycles. The molecule has 0 saturated carbocycles. The highest BCUT2D eigenvalue weighted by Crippen LogP contribution is 2.22. The average molecular weight is 360 g/mol. The lowest BCUT2D eigenvalue weighted by molar-refractivity contribution is -0.121. The number of nitrogens with zero attached hydrogens (tertiary/aromatic N) is 1. The molecule has 25 heavy (non-hydrogen) atoms. The summed E-state index contributed by atoms with van der Waals surface area (Å²) in [6.07, 6.45) is 0.973. The summed E-state index contributed by atoms with van der Waals surface area (Å²) in [7, 11) is 0. The Balaban J connectivity index is 1.77.